The largest absolute Gasteiger partial charge is 0.449 e. The maximum Gasteiger partial charge on any atom is 0.407 e. The zero-order valence-corrected chi connectivity index (χ0v) is 18.3. The molecule has 32 heavy (non-hydrogen) atoms. The molecule has 170 valence electrons. The van der Waals surface area contributed by atoms with Crippen LogP contribution in [0.1, 0.15) is 79.4 Å². The van der Waals surface area contributed by atoms with Gasteiger partial charge in [-0.15, -0.1) is 0 Å². The average molecular weight is 440 g/mol. The number of nitrogens with one attached hydrogen (secondary N) is 2. The van der Waals surface area contributed by atoms with Crippen LogP contribution in [-0.2, 0) is 20.9 Å². The van der Waals surface area contributed by atoms with Crippen LogP contribution in [0.25, 0.3) is 0 Å². The fourth-order valence-corrected chi connectivity index (χ4v) is 5.70. The van der Waals surface area contributed by atoms with Crippen molar-refractivity contribution in [1.82, 2.24) is 15.5 Å². The maximum atomic E-state index is 13.0. The number of carbonyl (C=O) groups excluding carboxylic acids is 4. The molecule has 5 rings (SSSR count). The molecule has 2 N–H and O–H groups in total. The first-order chi connectivity index (χ1) is 15.3. The molecule has 3 fully saturated rings. The predicted molar refractivity (Wildman–Crippen MR) is 114 cm³/mol. The van der Waals surface area contributed by atoms with E-state index in [4.69, 9.17) is 4.74 Å². The van der Waals surface area contributed by atoms with E-state index in [1.807, 2.05) is 19.1 Å². The van der Waals surface area contributed by atoms with Crippen LogP contribution in [0.5, 0.6) is 0 Å². The molecule has 8 heteroatoms. The zero-order chi connectivity index (χ0) is 22.5. The highest BCUT2D eigenvalue weighted by atomic mass is 16.5. The molecule has 4 aliphatic rings. The number of hydrogen-bond acceptors (Lipinski definition) is 5. The van der Waals surface area contributed by atoms with Crippen molar-refractivity contribution in [2.24, 2.45) is 11.3 Å². The van der Waals surface area contributed by atoms with E-state index in [1.54, 1.807) is 6.07 Å². The molecular weight excluding hydrogens is 410 g/mol. The summed E-state index contributed by atoms with van der Waals surface area (Å²) in [6, 6.07) is 4.58. The van der Waals surface area contributed by atoms with Crippen molar-refractivity contribution >= 4 is 23.8 Å². The van der Waals surface area contributed by atoms with Gasteiger partial charge in [-0.2, -0.15) is 0 Å². The molecule has 2 unspecified atom stereocenters. The summed E-state index contributed by atoms with van der Waals surface area (Å²) in [7, 11) is 0. The normalized spacial score (nSPS) is 25.0. The molecular formula is C24H29N3O5. The molecule has 8 nitrogen and oxygen atoms in total. The summed E-state index contributed by atoms with van der Waals surface area (Å²) in [5.41, 5.74) is 2.75. The molecule has 1 aromatic carbocycles. The minimum Gasteiger partial charge on any atom is -0.449 e. The number of fused-ring (bicyclic) bond motifs is 1. The van der Waals surface area contributed by atoms with Gasteiger partial charge in [0.15, 0.2) is 0 Å². The lowest BCUT2D eigenvalue weighted by atomic mass is 9.52. The Balaban J connectivity index is 1.16. The number of rotatable bonds is 5. The second-order valence-corrected chi connectivity index (χ2v) is 9.91. The Labute approximate surface area is 187 Å². The zero-order valence-electron chi connectivity index (χ0n) is 18.3. The fourth-order valence-electron chi connectivity index (χ4n) is 5.70. The first kappa shape index (κ1) is 21.0. The van der Waals surface area contributed by atoms with Crippen molar-refractivity contribution < 1.29 is 23.9 Å². The number of carbonyl (C=O) groups is 4. The molecule has 2 saturated carbocycles. The molecule has 0 bridgehead atoms. The second kappa shape index (κ2) is 7.90. The third kappa shape index (κ3) is 3.76. The molecule has 1 saturated heterocycles. The van der Waals surface area contributed by atoms with Crippen molar-refractivity contribution in [3.8, 4) is 0 Å². The summed E-state index contributed by atoms with van der Waals surface area (Å²) < 4.78 is 5.43. The van der Waals surface area contributed by atoms with E-state index in [-0.39, 0.29) is 24.3 Å². The number of nitrogens with zero attached hydrogens (tertiary/aromatic N) is 1. The SMILES string of the molecule is CC(NC(=O)OCC1CC2(CCC2)C1)c1ccc2c(c1)C(=O)N(C1CCC(=O)NC1=O)C2. The number of hydrogen-bond donors (Lipinski definition) is 2. The molecule has 0 radical (unpaired) electrons. The van der Waals surface area contributed by atoms with Crippen molar-refractivity contribution in [3.05, 3.63) is 34.9 Å². The van der Waals surface area contributed by atoms with Crippen molar-refractivity contribution in [1.29, 1.82) is 0 Å². The topological polar surface area (TPSA) is 105 Å². The van der Waals surface area contributed by atoms with E-state index in [2.05, 4.69) is 10.6 Å². The third-order valence-electron chi connectivity index (χ3n) is 7.69. The van der Waals surface area contributed by atoms with Crippen LogP contribution >= 0.6 is 0 Å². The lowest BCUT2D eigenvalue weighted by molar-refractivity contribution is -0.136. The van der Waals surface area contributed by atoms with E-state index < -0.39 is 18.0 Å². The van der Waals surface area contributed by atoms with Crippen LogP contribution in [0.15, 0.2) is 18.2 Å². The van der Waals surface area contributed by atoms with Crippen molar-refractivity contribution in [3.63, 3.8) is 0 Å². The van der Waals surface area contributed by atoms with Crippen LogP contribution in [0.3, 0.4) is 0 Å². The Morgan fingerprint density at radius 1 is 1.28 bits per heavy atom. The number of alkyl carbamates (subject to hydrolysis) is 1. The molecule has 4 amide bonds. The Kier molecular flexibility index (Phi) is 5.18. The fraction of sp³-hybridized carbons (Fsp3) is 0.583. The monoisotopic (exact) mass is 439 g/mol. The first-order valence-corrected chi connectivity index (χ1v) is 11.5. The van der Waals surface area contributed by atoms with Gasteiger partial charge < -0.3 is 15.0 Å². The summed E-state index contributed by atoms with van der Waals surface area (Å²) >= 11 is 0. The van der Waals surface area contributed by atoms with Gasteiger partial charge >= 0.3 is 6.09 Å². The van der Waals surface area contributed by atoms with Gasteiger partial charge in [0.2, 0.25) is 11.8 Å². The second-order valence-electron chi connectivity index (χ2n) is 9.91. The van der Waals surface area contributed by atoms with E-state index in [9.17, 15) is 19.2 Å². The minimum atomic E-state index is -0.632. The highest BCUT2D eigenvalue weighted by Gasteiger charge is 2.48. The van der Waals surface area contributed by atoms with Crippen molar-refractivity contribution in [2.75, 3.05) is 6.61 Å². The number of benzene rings is 1. The molecule has 1 spiro atoms. The van der Waals surface area contributed by atoms with Gasteiger partial charge in [0.1, 0.15) is 6.04 Å². The van der Waals surface area contributed by atoms with Gasteiger partial charge in [-0.25, -0.2) is 4.79 Å². The Morgan fingerprint density at radius 2 is 2.06 bits per heavy atom. The minimum absolute atomic E-state index is 0.221. The quantitative estimate of drug-likeness (QED) is 0.687. The third-order valence-corrected chi connectivity index (χ3v) is 7.69. The highest BCUT2D eigenvalue weighted by molar-refractivity contribution is 6.05. The van der Waals surface area contributed by atoms with Gasteiger partial charge in [0.05, 0.1) is 12.6 Å². The van der Waals surface area contributed by atoms with Gasteiger partial charge in [-0.05, 0) is 67.6 Å². The lowest BCUT2D eigenvalue weighted by Gasteiger charge is -2.54. The molecule has 2 aliphatic heterocycles. The molecule has 2 atom stereocenters. The summed E-state index contributed by atoms with van der Waals surface area (Å²) in [5, 5.41) is 5.16. The smallest absolute Gasteiger partial charge is 0.407 e. The summed E-state index contributed by atoms with van der Waals surface area (Å²) in [6.07, 6.45) is 6.45. The Hall–Kier alpha value is -2.90. The van der Waals surface area contributed by atoms with E-state index >= 15 is 0 Å². The van der Waals surface area contributed by atoms with Gasteiger partial charge in [-0.1, -0.05) is 18.6 Å². The number of piperidine rings is 1. The standard InChI is InChI=1S/C24H29N3O5/c1-14(25-23(31)32-13-15-10-24(11-15)7-2-8-24)16-3-4-17-12-27(22(30)18(17)9-16)19-5-6-20(28)26-21(19)29/h3-4,9,14-15,19H,2,5-8,10-13H2,1H3,(H,25,31)(H,26,28,29). The van der Waals surface area contributed by atoms with Crippen LogP contribution < -0.4 is 10.6 Å². The predicted octanol–water partition coefficient (Wildman–Crippen LogP) is 2.82. The Morgan fingerprint density at radius 3 is 2.75 bits per heavy atom. The molecule has 1 aromatic rings. The van der Waals surface area contributed by atoms with E-state index in [1.165, 1.54) is 37.0 Å². The van der Waals surface area contributed by atoms with Crippen LogP contribution in [0.4, 0.5) is 4.79 Å². The Bertz CT molecular complexity index is 978. The van der Waals surface area contributed by atoms with Gasteiger partial charge in [0.25, 0.3) is 5.91 Å². The summed E-state index contributed by atoms with van der Waals surface area (Å²) in [6.45, 7) is 2.66. The highest BCUT2D eigenvalue weighted by Crippen LogP contribution is 2.58. The number of amides is 4. The van der Waals surface area contributed by atoms with Gasteiger partial charge in [0, 0.05) is 18.5 Å². The van der Waals surface area contributed by atoms with Crippen molar-refractivity contribution in [2.45, 2.75) is 70.5 Å². The van der Waals surface area contributed by atoms with Crippen LogP contribution in [-0.4, -0.2) is 41.4 Å². The van der Waals surface area contributed by atoms with Crippen LogP contribution in [0.2, 0.25) is 0 Å². The molecule has 2 aliphatic carbocycles. The summed E-state index contributed by atoms with van der Waals surface area (Å²) in [5.74, 6) is -0.465. The number of ether oxygens (including phenoxy) is 1. The van der Waals surface area contributed by atoms with Gasteiger partial charge in [-0.3, -0.25) is 19.7 Å². The maximum absolute atomic E-state index is 13.0. The summed E-state index contributed by atoms with van der Waals surface area (Å²) in [4.78, 5) is 50.3. The average Bonchev–Trinajstić information content (AvgIpc) is 3.01. The lowest BCUT2D eigenvalue weighted by Crippen LogP contribution is -2.52. The molecule has 2 heterocycles. The molecule has 0 aromatic heterocycles. The number of imide groups is 1. The van der Waals surface area contributed by atoms with E-state index in [0.29, 0.717) is 36.5 Å². The first-order valence-electron chi connectivity index (χ1n) is 11.5. The van der Waals surface area contributed by atoms with E-state index in [0.717, 1.165) is 11.1 Å². The van der Waals surface area contributed by atoms with Crippen LogP contribution in [0, 0.1) is 11.3 Å².